The molecule has 1 aliphatic heterocycles. The Hall–Kier alpha value is -4.53. The molecule has 194 valence electrons. The van der Waals surface area contributed by atoms with Crippen LogP contribution in [0.3, 0.4) is 0 Å². The van der Waals surface area contributed by atoms with Crippen molar-refractivity contribution in [2.24, 2.45) is 0 Å². The molecule has 7 nitrogen and oxygen atoms in total. The van der Waals surface area contributed by atoms with Crippen LogP contribution in [0.25, 0.3) is 16.6 Å². The molecule has 6 rings (SSSR count). The average Bonchev–Trinajstić information content (AvgIpc) is 3.54. The maximum absolute atomic E-state index is 13.3. The summed E-state index contributed by atoms with van der Waals surface area (Å²) in [6.07, 6.45) is 0.274. The topological polar surface area (TPSA) is 90.8 Å². The number of nitrogens with zero attached hydrogens (tertiary/aromatic N) is 2. The van der Waals surface area contributed by atoms with Gasteiger partial charge in [-0.25, -0.2) is 4.79 Å². The fraction of sp³-hybridized carbons (Fsp3) is 0.129. The Morgan fingerprint density at radius 2 is 1.56 bits per heavy atom. The van der Waals surface area contributed by atoms with Crippen LogP contribution in [-0.4, -0.2) is 26.9 Å². The summed E-state index contributed by atoms with van der Waals surface area (Å²) in [6.45, 7) is 0.461. The van der Waals surface area contributed by atoms with Gasteiger partial charge >= 0.3 is 5.97 Å². The van der Waals surface area contributed by atoms with E-state index in [1.807, 2.05) is 60.7 Å². The Kier molecular flexibility index (Phi) is 6.56. The number of ether oxygens (including phenoxy) is 3. The van der Waals surface area contributed by atoms with Crippen LogP contribution in [0.5, 0.6) is 11.5 Å². The number of hydrogen-bond donors (Lipinski definition) is 1. The highest BCUT2D eigenvalue weighted by Crippen LogP contribution is 2.45. The van der Waals surface area contributed by atoms with Gasteiger partial charge in [0, 0.05) is 17.6 Å². The van der Waals surface area contributed by atoms with Crippen molar-refractivity contribution in [3.8, 4) is 11.5 Å². The highest BCUT2D eigenvalue weighted by atomic mass is 32.1. The zero-order valence-corrected chi connectivity index (χ0v) is 21.9. The Bertz CT molecular complexity index is 1660. The molecule has 1 unspecified atom stereocenters. The first-order valence-corrected chi connectivity index (χ1v) is 13.1. The Morgan fingerprint density at radius 3 is 2.31 bits per heavy atom. The van der Waals surface area contributed by atoms with E-state index in [-0.39, 0.29) is 6.42 Å². The summed E-state index contributed by atoms with van der Waals surface area (Å²) in [6, 6.07) is 29.8. The van der Waals surface area contributed by atoms with Gasteiger partial charge in [-0.05, 0) is 65.2 Å². The van der Waals surface area contributed by atoms with Crippen LogP contribution in [-0.2, 0) is 28.3 Å². The van der Waals surface area contributed by atoms with Crippen LogP contribution in [0.15, 0.2) is 103 Å². The fourth-order valence-corrected chi connectivity index (χ4v) is 5.19. The summed E-state index contributed by atoms with van der Waals surface area (Å²) in [5, 5.41) is 11.9. The van der Waals surface area contributed by atoms with Crippen molar-refractivity contribution in [2.45, 2.75) is 18.8 Å². The third-order valence-electron chi connectivity index (χ3n) is 6.73. The molecule has 0 amide bonds. The van der Waals surface area contributed by atoms with Crippen molar-refractivity contribution in [1.82, 2.24) is 8.75 Å². The highest BCUT2D eigenvalue weighted by molar-refractivity contribution is 7.00. The summed E-state index contributed by atoms with van der Waals surface area (Å²) in [7, 11) is 1.57. The second-order valence-corrected chi connectivity index (χ2v) is 9.71. The third-order valence-corrected chi connectivity index (χ3v) is 7.29. The molecule has 0 saturated carbocycles. The van der Waals surface area contributed by atoms with Gasteiger partial charge in [0.05, 0.1) is 24.4 Å². The lowest BCUT2D eigenvalue weighted by molar-refractivity contribution is -0.185. The van der Waals surface area contributed by atoms with Gasteiger partial charge in [-0.3, -0.25) is 0 Å². The van der Waals surface area contributed by atoms with Crippen molar-refractivity contribution in [2.75, 3.05) is 7.11 Å². The quantitative estimate of drug-likeness (QED) is 0.255. The summed E-state index contributed by atoms with van der Waals surface area (Å²) in [5.74, 6) is -1.20. The molecule has 4 aromatic carbocycles. The number of aliphatic hydroxyl groups is 1. The molecule has 2 heterocycles. The van der Waals surface area contributed by atoms with E-state index in [1.165, 1.54) is 0 Å². The summed E-state index contributed by atoms with van der Waals surface area (Å²) in [4.78, 5) is 13.3. The average molecular weight is 537 g/mol. The normalized spacial score (nSPS) is 16.9. The first-order chi connectivity index (χ1) is 19.0. The number of hydrogen-bond acceptors (Lipinski definition) is 8. The zero-order chi connectivity index (χ0) is 26.8. The monoisotopic (exact) mass is 536 g/mol. The largest absolute Gasteiger partial charge is 0.497 e. The van der Waals surface area contributed by atoms with Crippen LogP contribution in [0.2, 0.25) is 0 Å². The number of aromatic nitrogens is 2. The van der Waals surface area contributed by atoms with Crippen molar-refractivity contribution in [3.05, 3.63) is 125 Å². The first kappa shape index (κ1) is 24.8. The number of carbonyl (C=O) groups excluding carboxylic acids is 1. The number of methoxy groups -OCH3 is 1. The van der Waals surface area contributed by atoms with Crippen LogP contribution in [0, 0.1) is 0 Å². The van der Waals surface area contributed by atoms with E-state index < -0.39 is 11.8 Å². The molecule has 0 spiro atoms. The second kappa shape index (κ2) is 10.3. The summed E-state index contributed by atoms with van der Waals surface area (Å²) in [5.41, 5.74) is 5.19. The summed E-state index contributed by atoms with van der Waals surface area (Å²) < 4.78 is 25.5. The van der Waals surface area contributed by atoms with Gasteiger partial charge in [0.1, 0.15) is 29.1 Å². The second-order valence-electron chi connectivity index (χ2n) is 9.18. The van der Waals surface area contributed by atoms with E-state index in [0.717, 1.165) is 34.1 Å². The van der Waals surface area contributed by atoms with Gasteiger partial charge in [0.2, 0.25) is 0 Å². The van der Waals surface area contributed by atoms with Crippen molar-refractivity contribution in [1.29, 1.82) is 0 Å². The molecule has 0 fully saturated rings. The Balaban J connectivity index is 1.36. The van der Waals surface area contributed by atoms with Gasteiger partial charge in [-0.2, -0.15) is 8.75 Å². The lowest BCUT2D eigenvalue weighted by atomic mass is 9.88. The Labute approximate surface area is 229 Å². The number of benzene rings is 4. The summed E-state index contributed by atoms with van der Waals surface area (Å²) >= 11 is 1.11. The van der Waals surface area contributed by atoms with Crippen LogP contribution < -0.4 is 9.47 Å². The van der Waals surface area contributed by atoms with Crippen LogP contribution in [0.4, 0.5) is 0 Å². The predicted molar refractivity (Wildman–Crippen MR) is 148 cm³/mol. The lowest BCUT2D eigenvalue weighted by Crippen LogP contribution is -2.29. The molecule has 39 heavy (non-hydrogen) atoms. The molecule has 0 bridgehead atoms. The minimum atomic E-state index is -1.95. The molecule has 0 aliphatic carbocycles. The standard InChI is InChI=1S/C31H24N2O5S/c1-36-24-14-10-23(11-15-24)31(35)26(29(30(34)38-31)22-9-16-27-28(18-22)33-39-32-27)17-20-7-12-25(13-8-20)37-19-21-5-3-2-4-6-21/h2-16,18,35H,17,19H2,1H3. The molecule has 1 aromatic heterocycles. The lowest BCUT2D eigenvalue weighted by Gasteiger charge is -2.26. The maximum Gasteiger partial charge on any atom is 0.342 e. The molecule has 5 aromatic rings. The molecular formula is C31H24N2O5S. The van der Waals surface area contributed by atoms with E-state index in [4.69, 9.17) is 14.2 Å². The first-order valence-electron chi connectivity index (χ1n) is 12.4. The minimum absolute atomic E-state index is 0.274. The van der Waals surface area contributed by atoms with E-state index in [0.29, 0.717) is 40.1 Å². The molecular weight excluding hydrogens is 512 g/mol. The zero-order valence-electron chi connectivity index (χ0n) is 21.0. The van der Waals surface area contributed by atoms with Crippen LogP contribution >= 0.6 is 11.7 Å². The van der Waals surface area contributed by atoms with Gasteiger partial charge in [-0.1, -0.05) is 48.5 Å². The highest BCUT2D eigenvalue weighted by Gasteiger charge is 2.48. The minimum Gasteiger partial charge on any atom is -0.497 e. The molecule has 1 atom stereocenters. The number of esters is 1. The van der Waals surface area contributed by atoms with Crippen molar-refractivity contribution in [3.63, 3.8) is 0 Å². The van der Waals surface area contributed by atoms with E-state index in [2.05, 4.69) is 8.75 Å². The van der Waals surface area contributed by atoms with Gasteiger partial charge in [-0.15, -0.1) is 0 Å². The van der Waals surface area contributed by atoms with Gasteiger partial charge in [0.15, 0.2) is 0 Å². The van der Waals surface area contributed by atoms with Crippen LogP contribution in [0.1, 0.15) is 22.3 Å². The molecule has 0 saturated heterocycles. The Morgan fingerprint density at radius 1 is 0.846 bits per heavy atom. The smallest absolute Gasteiger partial charge is 0.342 e. The number of fused-ring (bicyclic) bond motifs is 1. The SMILES string of the molecule is COc1ccc(C2(O)OC(=O)C(c3ccc4nsnc4c3)=C2Cc2ccc(OCc3ccccc3)cc2)cc1. The molecule has 1 aliphatic rings. The van der Waals surface area contributed by atoms with E-state index >= 15 is 0 Å². The third kappa shape index (κ3) is 4.87. The van der Waals surface area contributed by atoms with Crippen molar-refractivity contribution < 1.29 is 24.1 Å². The van der Waals surface area contributed by atoms with Crippen molar-refractivity contribution >= 4 is 34.3 Å². The predicted octanol–water partition coefficient (Wildman–Crippen LogP) is 5.68. The number of rotatable bonds is 8. The van der Waals surface area contributed by atoms with Gasteiger partial charge < -0.3 is 19.3 Å². The fourth-order valence-electron chi connectivity index (χ4n) is 4.68. The number of cyclic esters (lactones) is 1. The molecule has 8 heteroatoms. The molecule has 1 N–H and O–H groups in total. The van der Waals surface area contributed by atoms with E-state index in [9.17, 15) is 9.90 Å². The van der Waals surface area contributed by atoms with E-state index in [1.54, 1.807) is 43.5 Å². The molecule has 0 radical (unpaired) electrons. The number of carbonyl (C=O) groups is 1. The van der Waals surface area contributed by atoms with Gasteiger partial charge in [0.25, 0.3) is 5.79 Å². The maximum atomic E-state index is 13.3.